The molecule has 0 spiro atoms. The molecule has 128 valence electrons. The van der Waals surface area contributed by atoms with Gasteiger partial charge in [0.1, 0.15) is 12.6 Å². The number of nitrogens with zero attached hydrogens (tertiary/aromatic N) is 2. The summed E-state index contributed by atoms with van der Waals surface area (Å²) >= 11 is 0. The van der Waals surface area contributed by atoms with Gasteiger partial charge < -0.3 is 14.9 Å². The summed E-state index contributed by atoms with van der Waals surface area (Å²) in [4.78, 5) is 14.9. The van der Waals surface area contributed by atoms with Crippen LogP contribution in [0.1, 0.15) is 19.8 Å². The molecule has 1 N–H and O–H groups in total. The van der Waals surface area contributed by atoms with Gasteiger partial charge in [0.25, 0.3) is 0 Å². The number of anilines is 1. The first-order chi connectivity index (χ1) is 10.8. The van der Waals surface area contributed by atoms with Crippen LogP contribution in [0.4, 0.5) is 18.9 Å². The molecule has 1 aliphatic rings. The van der Waals surface area contributed by atoms with Crippen LogP contribution < -0.4 is 4.90 Å². The maximum absolute atomic E-state index is 12.5. The van der Waals surface area contributed by atoms with Gasteiger partial charge in [-0.2, -0.15) is 13.2 Å². The number of hydrogen-bond acceptors (Lipinski definition) is 3. The van der Waals surface area contributed by atoms with Crippen molar-refractivity contribution in [3.63, 3.8) is 0 Å². The molecule has 1 aromatic carbocycles. The van der Waals surface area contributed by atoms with Gasteiger partial charge in [0, 0.05) is 18.8 Å². The Morgan fingerprint density at radius 1 is 1.35 bits per heavy atom. The molecule has 2 rings (SSSR count). The summed E-state index contributed by atoms with van der Waals surface area (Å²) in [6.07, 6.45) is -4.21. The van der Waals surface area contributed by atoms with Crippen LogP contribution in [0.3, 0.4) is 0 Å². The molecular weight excluding hydrogens is 309 g/mol. The fourth-order valence-electron chi connectivity index (χ4n) is 2.77. The third kappa shape index (κ3) is 4.60. The highest BCUT2D eigenvalue weighted by molar-refractivity contribution is 5.87. The minimum absolute atomic E-state index is 0.0779. The van der Waals surface area contributed by atoms with Gasteiger partial charge in [-0.15, -0.1) is 0 Å². The quantitative estimate of drug-likeness (QED) is 0.871. The van der Waals surface area contributed by atoms with Gasteiger partial charge in [-0.1, -0.05) is 25.1 Å². The molecule has 2 atom stereocenters. The summed E-state index contributed by atoms with van der Waals surface area (Å²) in [5.41, 5.74) is 0.729. The standard InChI is InChI=1S/C16H21F3N2O2/c1-2-13(22)10-21(12-6-4-3-5-7-12)14-8-9-20(15(14)23)11-16(17,18)19/h3-7,13-14,22H,2,8-11H2,1H3. The predicted molar refractivity (Wildman–Crippen MR) is 81.1 cm³/mol. The van der Waals surface area contributed by atoms with Gasteiger partial charge >= 0.3 is 6.18 Å². The van der Waals surface area contributed by atoms with Crippen molar-refractivity contribution >= 4 is 11.6 Å². The molecule has 1 amide bonds. The van der Waals surface area contributed by atoms with E-state index < -0.39 is 30.8 Å². The van der Waals surface area contributed by atoms with E-state index in [1.54, 1.807) is 29.2 Å². The van der Waals surface area contributed by atoms with E-state index in [1.807, 2.05) is 13.0 Å². The summed E-state index contributed by atoms with van der Waals surface area (Å²) < 4.78 is 37.6. The fraction of sp³-hybridized carbons (Fsp3) is 0.562. The number of rotatable bonds is 6. The number of carbonyl (C=O) groups excluding carboxylic acids is 1. The summed E-state index contributed by atoms with van der Waals surface area (Å²) in [5, 5.41) is 9.94. The monoisotopic (exact) mass is 330 g/mol. The number of halogens is 3. The Balaban J connectivity index is 2.18. The maximum atomic E-state index is 12.5. The van der Waals surface area contributed by atoms with Crippen molar-refractivity contribution in [1.82, 2.24) is 4.90 Å². The first kappa shape index (κ1) is 17.6. The fourth-order valence-corrected chi connectivity index (χ4v) is 2.77. The number of aliphatic hydroxyl groups excluding tert-OH is 1. The molecule has 1 fully saturated rings. The first-order valence-electron chi connectivity index (χ1n) is 7.67. The Labute approximate surface area is 133 Å². The predicted octanol–water partition coefficient (Wildman–Crippen LogP) is 2.43. The van der Waals surface area contributed by atoms with Crippen molar-refractivity contribution in [2.24, 2.45) is 0 Å². The van der Waals surface area contributed by atoms with E-state index in [2.05, 4.69) is 0 Å². The molecule has 1 aromatic rings. The Morgan fingerprint density at radius 2 is 2.00 bits per heavy atom. The highest BCUT2D eigenvalue weighted by atomic mass is 19.4. The van der Waals surface area contributed by atoms with E-state index >= 15 is 0 Å². The average molecular weight is 330 g/mol. The van der Waals surface area contributed by atoms with Crippen LogP contribution >= 0.6 is 0 Å². The van der Waals surface area contributed by atoms with Crippen molar-refractivity contribution in [1.29, 1.82) is 0 Å². The number of likely N-dealkylation sites (tertiary alicyclic amines) is 1. The first-order valence-corrected chi connectivity index (χ1v) is 7.67. The topological polar surface area (TPSA) is 43.8 Å². The van der Waals surface area contributed by atoms with Gasteiger partial charge in [0.15, 0.2) is 0 Å². The highest BCUT2D eigenvalue weighted by Gasteiger charge is 2.41. The number of hydrogen-bond donors (Lipinski definition) is 1. The van der Waals surface area contributed by atoms with Crippen LogP contribution in [-0.4, -0.2) is 53.9 Å². The third-order valence-electron chi connectivity index (χ3n) is 3.98. The van der Waals surface area contributed by atoms with Gasteiger partial charge in [-0.05, 0) is 25.0 Å². The lowest BCUT2D eigenvalue weighted by Crippen LogP contribution is -2.46. The molecule has 2 unspecified atom stereocenters. The van der Waals surface area contributed by atoms with E-state index in [9.17, 15) is 23.1 Å². The molecule has 0 aromatic heterocycles. The molecule has 1 aliphatic heterocycles. The van der Waals surface area contributed by atoms with E-state index in [1.165, 1.54) is 0 Å². The van der Waals surface area contributed by atoms with E-state index in [4.69, 9.17) is 0 Å². The molecule has 0 saturated carbocycles. The van der Waals surface area contributed by atoms with Crippen LogP contribution in [0.2, 0.25) is 0 Å². The smallest absolute Gasteiger partial charge is 0.391 e. The van der Waals surface area contributed by atoms with Crippen molar-refractivity contribution < 1.29 is 23.1 Å². The second-order valence-corrected chi connectivity index (χ2v) is 5.73. The second kappa shape index (κ2) is 7.21. The minimum atomic E-state index is -4.40. The van der Waals surface area contributed by atoms with Crippen LogP contribution in [-0.2, 0) is 4.79 Å². The molecule has 23 heavy (non-hydrogen) atoms. The van der Waals surface area contributed by atoms with Gasteiger partial charge in [0.2, 0.25) is 5.91 Å². The number of amides is 1. The molecule has 0 radical (unpaired) electrons. The molecule has 0 bridgehead atoms. The molecule has 4 nitrogen and oxygen atoms in total. The zero-order chi connectivity index (χ0) is 17.0. The number of alkyl halides is 3. The van der Waals surface area contributed by atoms with Crippen LogP contribution in [0, 0.1) is 0 Å². The zero-order valence-electron chi connectivity index (χ0n) is 13.0. The minimum Gasteiger partial charge on any atom is -0.391 e. The van der Waals surface area contributed by atoms with Gasteiger partial charge in [-0.25, -0.2) is 0 Å². The molecule has 0 aliphatic carbocycles. The van der Waals surface area contributed by atoms with Crippen molar-refractivity contribution in [2.75, 3.05) is 24.5 Å². The Hall–Kier alpha value is -1.76. The van der Waals surface area contributed by atoms with Crippen molar-refractivity contribution in [2.45, 2.75) is 38.1 Å². The third-order valence-corrected chi connectivity index (χ3v) is 3.98. The average Bonchev–Trinajstić information content (AvgIpc) is 2.84. The maximum Gasteiger partial charge on any atom is 0.406 e. The second-order valence-electron chi connectivity index (χ2n) is 5.73. The summed E-state index contributed by atoms with van der Waals surface area (Å²) in [6.45, 7) is 0.896. The van der Waals surface area contributed by atoms with Gasteiger partial charge in [-0.3, -0.25) is 4.79 Å². The van der Waals surface area contributed by atoms with E-state index in [-0.39, 0.29) is 13.1 Å². The van der Waals surface area contributed by atoms with Crippen LogP contribution in [0.25, 0.3) is 0 Å². The SMILES string of the molecule is CCC(O)CN(c1ccccc1)C1CCN(CC(F)(F)F)C1=O. The van der Waals surface area contributed by atoms with Gasteiger partial charge in [0.05, 0.1) is 6.10 Å². The number of benzene rings is 1. The highest BCUT2D eigenvalue weighted by Crippen LogP contribution is 2.27. The number of aliphatic hydroxyl groups is 1. The van der Waals surface area contributed by atoms with Crippen molar-refractivity contribution in [3.8, 4) is 0 Å². The van der Waals surface area contributed by atoms with Crippen molar-refractivity contribution in [3.05, 3.63) is 30.3 Å². The van der Waals surface area contributed by atoms with E-state index in [0.29, 0.717) is 12.8 Å². The Bertz CT molecular complexity index is 522. The normalized spacial score (nSPS) is 20.0. The number of carbonyl (C=O) groups is 1. The number of para-hydroxylation sites is 1. The lowest BCUT2D eigenvalue weighted by atomic mass is 10.1. The molecule has 1 saturated heterocycles. The van der Waals surface area contributed by atoms with Crippen LogP contribution in [0.15, 0.2) is 30.3 Å². The van der Waals surface area contributed by atoms with Crippen LogP contribution in [0.5, 0.6) is 0 Å². The lowest BCUT2D eigenvalue weighted by Gasteiger charge is -2.32. The lowest BCUT2D eigenvalue weighted by molar-refractivity contribution is -0.157. The summed E-state index contributed by atoms with van der Waals surface area (Å²) in [6, 6.07) is 8.34. The summed E-state index contributed by atoms with van der Waals surface area (Å²) in [7, 11) is 0. The summed E-state index contributed by atoms with van der Waals surface area (Å²) in [5.74, 6) is -0.533. The Morgan fingerprint density at radius 3 is 2.57 bits per heavy atom. The zero-order valence-corrected chi connectivity index (χ0v) is 13.0. The Kier molecular flexibility index (Phi) is 5.51. The molecule has 1 heterocycles. The van der Waals surface area contributed by atoms with E-state index in [0.717, 1.165) is 10.6 Å². The molecule has 7 heteroatoms. The largest absolute Gasteiger partial charge is 0.406 e. The molecular formula is C16H21F3N2O2.